The average Bonchev–Trinajstić information content (AvgIpc) is 2.80. The zero-order valence-electron chi connectivity index (χ0n) is 17.7. The van der Waals surface area contributed by atoms with E-state index >= 15 is 0 Å². The van der Waals surface area contributed by atoms with Crippen molar-refractivity contribution >= 4 is 29.5 Å². The van der Waals surface area contributed by atoms with Crippen molar-refractivity contribution in [3.8, 4) is 0 Å². The molecule has 0 spiro atoms. The second-order valence-electron chi connectivity index (χ2n) is 7.53. The number of carbonyl (C=O) groups excluding carboxylic acids is 3. The minimum Gasteiger partial charge on any atom is -0.481 e. The van der Waals surface area contributed by atoms with Crippen LogP contribution in [-0.4, -0.2) is 64.2 Å². The Morgan fingerprint density at radius 1 is 1.18 bits per heavy atom. The Labute approximate surface area is 189 Å². The summed E-state index contributed by atoms with van der Waals surface area (Å²) in [5.41, 5.74) is 5.11. The third kappa shape index (κ3) is 5.14. The van der Waals surface area contributed by atoms with Crippen LogP contribution in [0.3, 0.4) is 0 Å². The molecule has 1 saturated heterocycles. The molecule has 11 heteroatoms. The van der Waals surface area contributed by atoms with E-state index in [1.165, 1.54) is 23.2 Å². The van der Waals surface area contributed by atoms with Gasteiger partial charge in [0.15, 0.2) is 0 Å². The molecular weight excluding hydrogens is 428 g/mol. The molecule has 6 N–H and O–H groups in total. The maximum atomic E-state index is 12.7. The van der Waals surface area contributed by atoms with Gasteiger partial charge in [-0.05, 0) is 30.7 Å². The number of hydrogen-bond acceptors (Lipinski definition) is 6. The third-order valence-electron chi connectivity index (χ3n) is 5.44. The number of pyridine rings is 1. The fraction of sp³-hybridized carbons (Fsp3) is 0.273. The highest BCUT2D eigenvalue weighted by molar-refractivity contribution is 6.35. The van der Waals surface area contributed by atoms with Gasteiger partial charge in [0.25, 0.3) is 5.91 Å². The summed E-state index contributed by atoms with van der Waals surface area (Å²) in [6.07, 6.45) is 1.01. The molecule has 1 aliphatic heterocycles. The summed E-state index contributed by atoms with van der Waals surface area (Å²) >= 11 is 0. The molecule has 1 aromatic carbocycles. The van der Waals surface area contributed by atoms with Gasteiger partial charge in [0.05, 0.1) is 17.7 Å². The first kappa shape index (κ1) is 23.4. The van der Waals surface area contributed by atoms with Gasteiger partial charge >= 0.3 is 17.8 Å². The van der Waals surface area contributed by atoms with Gasteiger partial charge < -0.3 is 26.4 Å². The van der Waals surface area contributed by atoms with Crippen molar-refractivity contribution in [3.63, 3.8) is 0 Å². The SMILES string of the molecule is N=C(N)c1ccc(C(=O)NCCC(CC(=O)O)(c2ccccn2)N2CCNC(=O)C2=O)cc1. The number of nitrogen functional groups attached to an aromatic ring is 1. The predicted octanol–water partition coefficient (Wildman–Crippen LogP) is -0.186. The number of carboxylic acids is 1. The van der Waals surface area contributed by atoms with Crippen molar-refractivity contribution in [2.45, 2.75) is 18.4 Å². The number of carboxylic acid groups (broad SMARTS) is 1. The molecule has 1 aliphatic rings. The molecule has 0 radical (unpaired) electrons. The molecule has 33 heavy (non-hydrogen) atoms. The molecule has 1 atom stereocenters. The normalized spacial score (nSPS) is 15.3. The van der Waals surface area contributed by atoms with Crippen molar-refractivity contribution in [1.29, 1.82) is 5.41 Å². The molecule has 3 rings (SSSR count). The summed E-state index contributed by atoms with van der Waals surface area (Å²) in [6, 6.07) is 11.1. The summed E-state index contributed by atoms with van der Waals surface area (Å²) in [5, 5.41) is 22.3. The van der Waals surface area contributed by atoms with Crippen LogP contribution in [0.4, 0.5) is 0 Å². The lowest BCUT2D eigenvalue weighted by Gasteiger charge is -2.44. The monoisotopic (exact) mass is 452 g/mol. The number of nitrogens with zero attached hydrogens (tertiary/aromatic N) is 2. The minimum absolute atomic E-state index is 0.0164. The zero-order chi connectivity index (χ0) is 24.0. The lowest BCUT2D eigenvalue weighted by atomic mass is 9.84. The van der Waals surface area contributed by atoms with Crippen LogP contribution in [0.15, 0.2) is 48.7 Å². The van der Waals surface area contributed by atoms with Gasteiger partial charge in [-0.1, -0.05) is 18.2 Å². The van der Waals surface area contributed by atoms with Crippen molar-refractivity contribution < 1.29 is 24.3 Å². The predicted molar refractivity (Wildman–Crippen MR) is 117 cm³/mol. The zero-order valence-corrected chi connectivity index (χ0v) is 17.7. The number of benzene rings is 1. The van der Waals surface area contributed by atoms with E-state index in [-0.39, 0.29) is 31.9 Å². The van der Waals surface area contributed by atoms with E-state index in [1.54, 1.807) is 30.3 Å². The van der Waals surface area contributed by atoms with E-state index in [0.29, 0.717) is 16.8 Å². The van der Waals surface area contributed by atoms with Gasteiger partial charge in [-0.2, -0.15) is 0 Å². The molecule has 0 aliphatic carbocycles. The molecule has 1 aromatic heterocycles. The van der Waals surface area contributed by atoms with Gasteiger partial charge in [-0.3, -0.25) is 29.6 Å². The highest BCUT2D eigenvalue weighted by Crippen LogP contribution is 2.35. The molecule has 172 valence electrons. The number of carbonyl (C=O) groups is 4. The van der Waals surface area contributed by atoms with Crippen LogP contribution in [0.1, 0.15) is 34.5 Å². The number of nitrogens with one attached hydrogen (secondary N) is 3. The van der Waals surface area contributed by atoms with Crippen LogP contribution in [0, 0.1) is 5.41 Å². The number of amidine groups is 1. The highest BCUT2D eigenvalue weighted by atomic mass is 16.4. The smallest absolute Gasteiger partial charge is 0.312 e. The van der Waals surface area contributed by atoms with Gasteiger partial charge in [0.1, 0.15) is 5.84 Å². The van der Waals surface area contributed by atoms with Crippen molar-refractivity contribution in [2.75, 3.05) is 19.6 Å². The Kier molecular flexibility index (Phi) is 7.01. The summed E-state index contributed by atoms with van der Waals surface area (Å²) in [6.45, 7) is 0.297. The third-order valence-corrected chi connectivity index (χ3v) is 5.44. The Hall–Kier alpha value is -4.28. The molecule has 0 saturated carbocycles. The van der Waals surface area contributed by atoms with E-state index < -0.39 is 35.7 Å². The Morgan fingerprint density at radius 3 is 2.48 bits per heavy atom. The molecule has 0 bridgehead atoms. The molecule has 3 amide bonds. The van der Waals surface area contributed by atoms with Crippen molar-refractivity contribution in [3.05, 3.63) is 65.5 Å². The second kappa shape index (κ2) is 9.90. The van der Waals surface area contributed by atoms with Gasteiger partial charge in [-0.15, -0.1) is 0 Å². The summed E-state index contributed by atoms with van der Waals surface area (Å²) in [4.78, 5) is 54.7. The summed E-state index contributed by atoms with van der Waals surface area (Å²) < 4.78 is 0. The average molecular weight is 452 g/mol. The number of rotatable bonds is 9. The molecule has 2 aromatic rings. The summed E-state index contributed by atoms with van der Waals surface area (Å²) in [5.74, 6) is -3.38. The first-order valence-corrected chi connectivity index (χ1v) is 10.2. The Balaban J connectivity index is 1.86. The van der Waals surface area contributed by atoms with Crippen molar-refractivity contribution in [2.24, 2.45) is 5.73 Å². The van der Waals surface area contributed by atoms with E-state index in [0.717, 1.165) is 0 Å². The molecule has 2 heterocycles. The fourth-order valence-electron chi connectivity index (χ4n) is 3.84. The Morgan fingerprint density at radius 2 is 1.88 bits per heavy atom. The standard InChI is InChI=1S/C22H24N6O5/c23-18(24)14-4-6-15(7-5-14)19(31)26-10-8-22(13-17(29)30,16-3-1-2-9-25-16)28-12-11-27-20(32)21(28)33/h1-7,9H,8,10-13H2,(H3,23,24)(H,26,31)(H,27,32)(H,29,30). The number of aliphatic carboxylic acids is 1. The van der Waals surface area contributed by atoms with Gasteiger partial charge in [0.2, 0.25) is 0 Å². The molecule has 11 nitrogen and oxygen atoms in total. The number of aromatic nitrogens is 1. The van der Waals surface area contributed by atoms with E-state index in [4.69, 9.17) is 11.1 Å². The lowest BCUT2D eigenvalue weighted by molar-refractivity contribution is -0.157. The van der Waals surface area contributed by atoms with Crippen LogP contribution in [0.2, 0.25) is 0 Å². The number of amides is 3. The Bertz CT molecular complexity index is 1070. The van der Waals surface area contributed by atoms with E-state index in [9.17, 15) is 24.3 Å². The number of piperazine rings is 1. The van der Waals surface area contributed by atoms with Gasteiger partial charge in [-0.25, -0.2) is 0 Å². The van der Waals surface area contributed by atoms with Crippen molar-refractivity contribution in [1.82, 2.24) is 20.5 Å². The maximum absolute atomic E-state index is 12.7. The number of hydrogen-bond donors (Lipinski definition) is 5. The van der Waals surface area contributed by atoms with Crippen LogP contribution in [0.25, 0.3) is 0 Å². The van der Waals surface area contributed by atoms with E-state index in [2.05, 4.69) is 15.6 Å². The largest absolute Gasteiger partial charge is 0.481 e. The second-order valence-corrected chi connectivity index (χ2v) is 7.53. The van der Waals surface area contributed by atoms with Crippen LogP contribution < -0.4 is 16.4 Å². The quantitative estimate of drug-likeness (QED) is 0.199. The molecular formula is C22H24N6O5. The minimum atomic E-state index is -1.44. The van der Waals surface area contributed by atoms with E-state index in [1.807, 2.05) is 0 Å². The fourth-order valence-corrected chi connectivity index (χ4v) is 3.84. The highest BCUT2D eigenvalue weighted by Gasteiger charge is 2.47. The lowest BCUT2D eigenvalue weighted by Crippen LogP contribution is -2.61. The van der Waals surface area contributed by atoms with Crippen LogP contribution in [0.5, 0.6) is 0 Å². The first-order chi connectivity index (χ1) is 15.7. The molecule has 1 unspecified atom stereocenters. The summed E-state index contributed by atoms with van der Waals surface area (Å²) in [7, 11) is 0. The van der Waals surface area contributed by atoms with Crippen LogP contribution >= 0.6 is 0 Å². The molecule has 1 fully saturated rings. The van der Waals surface area contributed by atoms with Gasteiger partial charge in [0, 0.05) is 37.0 Å². The number of nitrogens with two attached hydrogens (primary N) is 1. The topological polar surface area (TPSA) is 179 Å². The first-order valence-electron chi connectivity index (χ1n) is 10.2. The maximum Gasteiger partial charge on any atom is 0.312 e. The van der Waals surface area contributed by atoms with Crippen LogP contribution in [-0.2, 0) is 19.9 Å².